The molecule has 3 rings (SSSR count). The van der Waals surface area contributed by atoms with Crippen LogP contribution in [0.1, 0.15) is 94.9 Å². The summed E-state index contributed by atoms with van der Waals surface area (Å²) in [6, 6.07) is -0.831. The molecule has 0 aromatic heterocycles. The van der Waals surface area contributed by atoms with E-state index in [4.69, 9.17) is 33.2 Å². The molecule has 0 aliphatic carbocycles. The van der Waals surface area contributed by atoms with Crippen molar-refractivity contribution in [2.75, 3.05) is 34.3 Å². The van der Waals surface area contributed by atoms with Gasteiger partial charge in [-0.1, -0.05) is 33.4 Å². The van der Waals surface area contributed by atoms with Crippen LogP contribution in [0.2, 0.25) is 0 Å². The fraction of sp³-hybridized carbons (Fsp3) is 0.881. The molecule has 0 aromatic carbocycles. The highest BCUT2D eigenvalue weighted by atomic mass is 16.7. The number of esters is 1. The predicted molar refractivity (Wildman–Crippen MR) is 212 cm³/mol. The van der Waals surface area contributed by atoms with Crippen LogP contribution >= 0.6 is 0 Å². The quantitative estimate of drug-likeness (QED) is 0.136. The zero-order valence-electron chi connectivity index (χ0n) is 36.4. The standard InChI is InChI=1S/C42H76N2O12/c1-16-19-44-23-24(4)21-41(11,51-18-3)37(56-39-33(45)30(43(13)14)20-25(5)52-39)26(6)34(55-32-22-40(10,50-15)36(47)29(9)53-32)27(7)38(48)54-31(17-2)42(12,49)35(46)28(44)8/h16,18,24-37,39,45-47,49H,1,3,17,19-23H2,2,4-15H3/t24-,25-,26+,27-,28-,29+,30+,31-,32+,33-,34+,35-,36+,37-,39+,40-,41-,42-/m1/s1. The van der Waals surface area contributed by atoms with Crippen LogP contribution in [0.3, 0.4) is 0 Å². The van der Waals surface area contributed by atoms with Gasteiger partial charge in [0.15, 0.2) is 12.6 Å². The number of likely N-dealkylation sites (N-methyl/N-ethyl adjacent to an activating group) is 1. The topological polar surface area (TPSA) is 169 Å². The molecule has 0 saturated carbocycles. The van der Waals surface area contributed by atoms with Gasteiger partial charge in [-0.05, 0) is 87.7 Å². The molecule has 56 heavy (non-hydrogen) atoms. The van der Waals surface area contributed by atoms with E-state index in [0.717, 1.165) is 0 Å². The van der Waals surface area contributed by atoms with Gasteiger partial charge in [0.05, 0.1) is 36.1 Å². The predicted octanol–water partition coefficient (Wildman–Crippen LogP) is 3.62. The molecule has 3 heterocycles. The molecule has 0 amide bonds. The molecule has 3 aliphatic rings. The smallest absolute Gasteiger partial charge is 0.311 e. The van der Waals surface area contributed by atoms with E-state index in [-0.39, 0.29) is 30.9 Å². The van der Waals surface area contributed by atoms with Crippen LogP contribution in [-0.4, -0.2) is 161 Å². The molecule has 14 heteroatoms. The molecule has 0 unspecified atom stereocenters. The van der Waals surface area contributed by atoms with E-state index in [9.17, 15) is 25.2 Å². The fourth-order valence-corrected chi connectivity index (χ4v) is 9.29. The number of aliphatic hydroxyl groups excluding tert-OH is 3. The van der Waals surface area contributed by atoms with Gasteiger partial charge in [0.1, 0.15) is 41.7 Å². The summed E-state index contributed by atoms with van der Waals surface area (Å²) in [7, 11) is 5.33. The second-order valence-corrected chi connectivity index (χ2v) is 17.7. The summed E-state index contributed by atoms with van der Waals surface area (Å²) in [4.78, 5) is 18.4. The Bertz CT molecular complexity index is 1270. The summed E-state index contributed by atoms with van der Waals surface area (Å²) < 4.78 is 44.8. The van der Waals surface area contributed by atoms with E-state index in [0.29, 0.717) is 25.9 Å². The molecule has 0 bridgehead atoms. The molecule has 0 aromatic rings. The lowest BCUT2D eigenvalue weighted by Gasteiger charge is -2.49. The maximum Gasteiger partial charge on any atom is 0.311 e. The zero-order chi connectivity index (χ0) is 42.5. The molecule has 0 radical (unpaired) electrons. The van der Waals surface area contributed by atoms with Gasteiger partial charge < -0.3 is 58.5 Å². The minimum atomic E-state index is -1.83. The van der Waals surface area contributed by atoms with Gasteiger partial charge >= 0.3 is 5.97 Å². The van der Waals surface area contributed by atoms with Crippen molar-refractivity contribution in [2.45, 2.75) is 185 Å². The molecule has 0 spiro atoms. The van der Waals surface area contributed by atoms with Gasteiger partial charge in [-0.3, -0.25) is 9.69 Å². The van der Waals surface area contributed by atoms with Crippen LogP contribution in [0, 0.1) is 17.8 Å². The Morgan fingerprint density at radius 1 is 0.964 bits per heavy atom. The van der Waals surface area contributed by atoms with Crippen molar-refractivity contribution in [1.29, 1.82) is 0 Å². The number of nitrogens with zero attached hydrogens (tertiary/aromatic N) is 2. The Kier molecular flexibility index (Phi) is 17.4. The van der Waals surface area contributed by atoms with Gasteiger partial charge in [0.2, 0.25) is 0 Å². The van der Waals surface area contributed by atoms with Crippen molar-refractivity contribution in [2.24, 2.45) is 17.8 Å². The number of hydrogen-bond acceptors (Lipinski definition) is 14. The molecule has 4 N–H and O–H groups in total. The minimum Gasteiger partial charge on any atom is -0.493 e. The first-order valence-electron chi connectivity index (χ1n) is 20.5. The van der Waals surface area contributed by atoms with Gasteiger partial charge in [-0.25, -0.2) is 0 Å². The molecule has 3 aliphatic heterocycles. The first-order chi connectivity index (χ1) is 26.0. The number of aliphatic hydroxyl groups is 4. The number of ether oxygens (including phenoxy) is 7. The molecular weight excluding hydrogens is 724 g/mol. The van der Waals surface area contributed by atoms with Crippen LogP contribution < -0.4 is 0 Å². The third kappa shape index (κ3) is 10.9. The highest BCUT2D eigenvalue weighted by Gasteiger charge is 2.53. The van der Waals surface area contributed by atoms with Crippen LogP contribution in [0.15, 0.2) is 25.5 Å². The Morgan fingerprint density at radius 2 is 1.61 bits per heavy atom. The lowest BCUT2D eigenvalue weighted by molar-refractivity contribution is -0.318. The van der Waals surface area contributed by atoms with Gasteiger partial charge in [-0.2, -0.15) is 0 Å². The number of carbonyl (C=O) groups is 1. The molecule has 14 nitrogen and oxygen atoms in total. The third-order valence-corrected chi connectivity index (χ3v) is 12.7. The zero-order valence-corrected chi connectivity index (χ0v) is 36.4. The van der Waals surface area contributed by atoms with Gasteiger partial charge in [0.25, 0.3) is 0 Å². The van der Waals surface area contributed by atoms with Crippen molar-refractivity contribution in [3.8, 4) is 0 Å². The average Bonchev–Trinajstić information content (AvgIpc) is 3.12. The second-order valence-electron chi connectivity index (χ2n) is 17.7. The number of carbonyl (C=O) groups excluding carboxylic acids is 1. The normalized spacial score (nSPS) is 46.7. The highest BCUT2D eigenvalue weighted by Crippen LogP contribution is 2.41. The van der Waals surface area contributed by atoms with Crippen LogP contribution in [-0.2, 0) is 38.0 Å². The average molecular weight is 801 g/mol. The number of methoxy groups -OCH3 is 1. The van der Waals surface area contributed by atoms with Crippen LogP contribution in [0.5, 0.6) is 0 Å². The molecule has 326 valence electrons. The van der Waals surface area contributed by atoms with E-state index in [1.165, 1.54) is 20.3 Å². The van der Waals surface area contributed by atoms with Gasteiger partial charge in [0, 0.05) is 44.6 Å². The first kappa shape index (κ1) is 48.7. The molecule has 18 atom stereocenters. The van der Waals surface area contributed by atoms with Crippen LogP contribution in [0.4, 0.5) is 0 Å². The van der Waals surface area contributed by atoms with Crippen molar-refractivity contribution >= 4 is 5.97 Å². The highest BCUT2D eigenvalue weighted by molar-refractivity contribution is 5.73. The van der Waals surface area contributed by atoms with Crippen molar-refractivity contribution in [1.82, 2.24) is 9.80 Å². The van der Waals surface area contributed by atoms with E-state index in [2.05, 4.69) is 20.1 Å². The molecular formula is C42H76N2O12. The van der Waals surface area contributed by atoms with E-state index < -0.39 is 96.0 Å². The Hall–Kier alpha value is -1.69. The fourth-order valence-electron chi connectivity index (χ4n) is 9.29. The summed E-state index contributed by atoms with van der Waals surface area (Å²) in [5.41, 5.74) is -4.00. The van der Waals surface area contributed by atoms with Crippen molar-refractivity contribution in [3.05, 3.63) is 25.5 Å². The van der Waals surface area contributed by atoms with E-state index in [1.54, 1.807) is 33.8 Å². The SMILES string of the molecule is C=CCN1C[C@H](C)C[C@@](C)(OC=C)[C@H](O[C@@H]2O[C@H](C)C[C@H](N(C)C)[C@H]2O)[C@@H](C)[C@H](O[C@H]2C[C@@](C)(OC)[C@@H](O)[C@H](C)O2)[C@@H](C)C(=O)O[C@H](CC)[C@@](C)(O)[C@H](O)[C@H]1C. The lowest BCUT2D eigenvalue weighted by atomic mass is 9.77. The summed E-state index contributed by atoms with van der Waals surface area (Å²) in [5.74, 6) is -2.44. The Morgan fingerprint density at radius 3 is 2.16 bits per heavy atom. The lowest BCUT2D eigenvalue weighted by Crippen LogP contribution is -2.60. The number of hydrogen-bond donors (Lipinski definition) is 4. The summed E-state index contributed by atoms with van der Waals surface area (Å²) in [5, 5.41) is 46.4. The van der Waals surface area contributed by atoms with Crippen molar-refractivity contribution < 1.29 is 58.4 Å². The van der Waals surface area contributed by atoms with E-state index >= 15 is 0 Å². The third-order valence-electron chi connectivity index (χ3n) is 12.7. The first-order valence-corrected chi connectivity index (χ1v) is 20.5. The van der Waals surface area contributed by atoms with Crippen LogP contribution in [0.25, 0.3) is 0 Å². The summed E-state index contributed by atoms with van der Waals surface area (Å²) >= 11 is 0. The number of rotatable bonds is 11. The van der Waals surface area contributed by atoms with E-state index in [1.807, 2.05) is 51.6 Å². The molecule has 3 saturated heterocycles. The van der Waals surface area contributed by atoms with Crippen molar-refractivity contribution in [3.63, 3.8) is 0 Å². The summed E-state index contributed by atoms with van der Waals surface area (Å²) in [6.07, 6.45) is -4.68. The second kappa shape index (κ2) is 20.0. The largest absolute Gasteiger partial charge is 0.493 e. The maximum atomic E-state index is 14.4. The van der Waals surface area contributed by atoms with Gasteiger partial charge in [-0.15, -0.1) is 6.58 Å². The monoisotopic (exact) mass is 801 g/mol. The number of cyclic esters (lactones) is 1. The Balaban J connectivity index is 2.28. The summed E-state index contributed by atoms with van der Waals surface area (Å²) in [6.45, 7) is 26.9. The molecule has 3 fully saturated rings. The Labute approximate surface area is 336 Å². The maximum absolute atomic E-state index is 14.4. The minimum absolute atomic E-state index is 0.100.